The van der Waals surface area contributed by atoms with Gasteiger partial charge in [0.05, 0.1) is 24.5 Å². The molecule has 3 heterocycles. The van der Waals surface area contributed by atoms with E-state index >= 15 is 0 Å². The van der Waals surface area contributed by atoms with Gasteiger partial charge in [0.15, 0.2) is 0 Å². The van der Waals surface area contributed by atoms with Gasteiger partial charge in [-0.05, 0) is 98.5 Å². The third-order valence-electron chi connectivity index (χ3n) is 7.49. The molecular weight excluding hydrogens is 709 g/mol. The molecule has 1 aliphatic rings. The van der Waals surface area contributed by atoms with Crippen molar-refractivity contribution in [2.24, 2.45) is 0 Å². The molecule has 51 heavy (non-hydrogen) atoms. The lowest BCUT2D eigenvalue weighted by molar-refractivity contribution is -0.115. The number of nitrogens with one attached hydrogen (secondary N) is 3. The van der Waals surface area contributed by atoms with Crippen molar-refractivity contribution >= 4 is 81.0 Å². The van der Waals surface area contributed by atoms with E-state index in [-0.39, 0.29) is 18.1 Å². The van der Waals surface area contributed by atoms with Gasteiger partial charge in [-0.25, -0.2) is 9.59 Å². The Morgan fingerprint density at radius 2 is 1.76 bits per heavy atom. The molecule has 4 amide bonds. The standard InChI is InChI=1S/C37H38N4O7S3/c1-22(31(42)40-34-30(35(45)47-5)27-14-16-41(20-29(27)51-34)36(46)48-37(2,3)4)50-26-13-9-12-25(19-26)38-33(44)28(18-23-15-17-49-21-23)39-32(43)24-10-7-6-8-11-24/h6-13,15,17-19,21-22H,14,16,20H2,1-5H3,(H,38,44)(H,39,43)(H,40,42)/b28-18-. The van der Waals surface area contributed by atoms with E-state index in [4.69, 9.17) is 9.47 Å². The first-order chi connectivity index (χ1) is 24.3. The van der Waals surface area contributed by atoms with Crippen LogP contribution in [-0.2, 0) is 32.0 Å². The third kappa shape index (κ3) is 9.87. The van der Waals surface area contributed by atoms with Crippen LogP contribution in [0.15, 0.2) is 82.0 Å². The van der Waals surface area contributed by atoms with Crippen LogP contribution < -0.4 is 16.0 Å². The molecule has 11 nitrogen and oxygen atoms in total. The van der Waals surface area contributed by atoms with E-state index in [9.17, 15) is 24.0 Å². The maximum atomic E-state index is 13.5. The molecule has 266 valence electrons. The highest BCUT2D eigenvalue weighted by atomic mass is 32.2. The molecule has 1 atom stereocenters. The van der Waals surface area contributed by atoms with Crippen molar-refractivity contribution < 1.29 is 33.4 Å². The van der Waals surface area contributed by atoms with Crippen LogP contribution in [0.4, 0.5) is 15.5 Å². The minimum Gasteiger partial charge on any atom is -0.465 e. The van der Waals surface area contributed by atoms with Crippen LogP contribution in [0.25, 0.3) is 6.08 Å². The Labute approximate surface area is 308 Å². The zero-order valence-corrected chi connectivity index (χ0v) is 31.2. The molecule has 2 aromatic heterocycles. The summed E-state index contributed by atoms with van der Waals surface area (Å²) < 4.78 is 10.6. The van der Waals surface area contributed by atoms with Crippen LogP contribution in [0.2, 0.25) is 0 Å². The Morgan fingerprint density at radius 1 is 1.00 bits per heavy atom. The summed E-state index contributed by atoms with van der Waals surface area (Å²) in [4.78, 5) is 68.5. The topological polar surface area (TPSA) is 143 Å². The Bertz CT molecular complexity index is 1950. The maximum Gasteiger partial charge on any atom is 0.410 e. The Kier molecular flexibility index (Phi) is 12.0. The summed E-state index contributed by atoms with van der Waals surface area (Å²) in [6.45, 7) is 7.75. The van der Waals surface area contributed by atoms with Crippen LogP contribution in [0, 0.1) is 0 Å². The Balaban J connectivity index is 1.26. The number of carbonyl (C=O) groups is 5. The fourth-order valence-electron chi connectivity index (χ4n) is 5.07. The number of benzene rings is 2. The molecule has 5 rings (SSSR count). The molecule has 14 heteroatoms. The SMILES string of the molecule is COC(=O)c1c(NC(=O)C(C)Sc2cccc(NC(=O)/C(=C/c3ccsc3)NC(=O)c3ccccc3)c2)sc2c1CCN(C(=O)OC(C)(C)C)C2. The third-order valence-corrected chi connectivity index (χ3v) is 10.4. The lowest BCUT2D eigenvalue weighted by Crippen LogP contribution is -2.39. The number of ether oxygens (including phenoxy) is 2. The molecule has 2 aromatic carbocycles. The van der Waals surface area contributed by atoms with Gasteiger partial charge in [0, 0.05) is 27.6 Å². The Hall–Kier alpha value is -4.92. The van der Waals surface area contributed by atoms with Crippen molar-refractivity contribution in [2.45, 2.75) is 56.4 Å². The number of esters is 1. The van der Waals surface area contributed by atoms with Crippen LogP contribution >= 0.6 is 34.4 Å². The largest absolute Gasteiger partial charge is 0.465 e. The lowest BCUT2D eigenvalue weighted by atomic mass is 10.0. The second-order valence-electron chi connectivity index (χ2n) is 12.5. The zero-order valence-electron chi connectivity index (χ0n) is 28.7. The average Bonchev–Trinajstić information content (AvgIpc) is 3.74. The van der Waals surface area contributed by atoms with Gasteiger partial charge >= 0.3 is 12.1 Å². The molecule has 0 fully saturated rings. The number of fused-ring (bicyclic) bond motifs is 1. The van der Waals surface area contributed by atoms with Crippen LogP contribution in [0.1, 0.15) is 64.4 Å². The van der Waals surface area contributed by atoms with Gasteiger partial charge < -0.3 is 30.3 Å². The van der Waals surface area contributed by atoms with Gasteiger partial charge in [-0.2, -0.15) is 11.3 Å². The van der Waals surface area contributed by atoms with E-state index in [0.29, 0.717) is 39.7 Å². The van der Waals surface area contributed by atoms with E-state index in [1.54, 1.807) is 87.2 Å². The lowest BCUT2D eigenvalue weighted by Gasteiger charge is -2.30. The summed E-state index contributed by atoms with van der Waals surface area (Å²) in [5.41, 5.74) is 2.12. The molecule has 0 saturated heterocycles. The number of thioether (sulfide) groups is 1. The Morgan fingerprint density at radius 3 is 2.45 bits per heavy atom. The molecule has 3 N–H and O–H groups in total. The van der Waals surface area contributed by atoms with Gasteiger partial charge in [-0.15, -0.1) is 23.1 Å². The molecule has 0 aliphatic carbocycles. The number of amides is 4. The predicted octanol–water partition coefficient (Wildman–Crippen LogP) is 7.42. The molecule has 0 spiro atoms. The highest BCUT2D eigenvalue weighted by Gasteiger charge is 2.33. The van der Waals surface area contributed by atoms with Crippen LogP contribution in [0.5, 0.6) is 0 Å². The number of methoxy groups -OCH3 is 1. The smallest absolute Gasteiger partial charge is 0.410 e. The maximum absolute atomic E-state index is 13.5. The normalized spacial score (nSPS) is 13.4. The summed E-state index contributed by atoms with van der Waals surface area (Å²) in [7, 11) is 1.29. The number of nitrogens with zero attached hydrogens (tertiary/aromatic N) is 1. The van der Waals surface area contributed by atoms with Crippen LogP contribution in [0.3, 0.4) is 0 Å². The second kappa shape index (κ2) is 16.4. The van der Waals surface area contributed by atoms with Crippen molar-refractivity contribution in [3.05, 3.63) is 104 Å². The van der Waals surface area contributed by atoms with E-state index < -0.39 is 34.7 Å². The minimum atomic E-state index is -0.646. The van der Waals surface area contributed by atoms with Crippen molar-refractivity contribution in [1.29, 1.82) is 0 Å². The summed E-state index contributed by atoms with van der Waals surface area (Å²) in [6.07, 6.45) is 1.58. The van der Waals surface area contributed by atoms with Crippen LogP contribution in [-0.4, -0.2) is 59.2 Å². The number of carbonyl (C=O) groups excluding carboxylic acids is 5. The molecule has 0 radical (unpaired) electrons. The van der Waals surface area contributed by atoms with E-state index in [1.165, 1.54) is 41.5 Å². The first-order valence-electron chi connectivity index (χ1n) is 16.0. The molecule has 4 aromatic rings. The summed E-state index contributed by atoms with van der Waals surface area (Å²) in [5.74, 6) is -1.84. The fourth-order valence-corrected chi connectivity index (χ4v) is 7.87. The van der Waals surface area contributed by atoms with E-state index in [1.807, 2.05) is 22.9 Å². The zero-order chi connectivity index (χ0) is 36.7. The van der Waals surface area contributed by atoms with Gasteiger partial charge in [-0.1, -0.05) is 24.3 Å². The summed E-state index contributed by atoms with van der Waals surface area (Å²) in [6, 6.07) is 17.5. The van der Waals surface area contributed by atoms with Gasteiger partial charge in [0.1, 0.15) is 16.3 Å². The van der Waals surface area contributed by atoms with Crippen molar-refractivity contribution in [3.63, 3.8) is 0 Å². The van der Waals surface area contributed by atoms with E-state index in [2.05, 4.69) is 16.0 Å². The quantitative estimate of drug-likeness (QED) is 0.0865. The molecular formula is C37H38N4O7S3. The van der Waals surface area contributed by atoms with E-state index in [0.717, 1.165) is 16.0 Å². The van der Waals surface area contributed by atoms with Gasteiger partial charge in [0.2, 0.25) is 5.91 Å². The van der Waals surface area contributed by atoms with Crippen molar-refractivity contribution in [1.82, 2.24) is 10.2 Å². The molecule has 0 saturated carbocycles. The number of hydrogen-bond acceptors (Lipinski definition) is 10. The first-order valence-corrected chi connectivity index (χ1v) is 18.6. The highest BCUT2D eigenvalue weighted by Crippen LogP contribution is 2.38. The van der Waals surface area contributed by atoms with Crippen molar-refractivity contribution in [2.75, 3.05) is 24.3 Å². The number of hydrogen-bond donors (Lipinski definition) is 3. The van der Waals surface area contributed by atoms with Crippen molar-refractivity contribution in [3.8, 4) is 0 Å². The number of anilines is 2. The summed E-state index contributed by atoms with van der Waals surface area (Å²) in [5, 5.41) is 12.0. The monoisotopic (exact) mass is 746 g/mol. The van der Waals surface area contributed by atoms with Gasteiger partial charge in [-0.3, -0.25) is 14.4 Å². The highest BCUT2D eigenvalue weighted by molar-refractivity contribution is 8.00. The molecule has 0 bridgehead atoms. The fraction of sp³-hybridized carbons (Fsp3) is 0.270. The molecule has 1 aliphatic heterocycles. The second-order valence-corrected chi connectivity index (χ2v) is 15.8. The summed E-state index contributed by atoms with van der Waals surface area (Å²) >= 11 is 3.98. The minimum absolute atomic E-state index is 0.0716. The predicted molar refractivity (Wildman–Crippen MR) is 201 cm³/mol. The number of thiophene rings is 2. The first kappa shape index (κ1) is 37.3. The molecule has 1 unspecified atom stereocenters. The average molecular weight is 747 g/mol. The van der Waals surface area contributed by atoms with Gasteiger partial charge in [0.25, 0.3) is 11.8 Å². The number of rotatable bonds is 10.